The van der Waals surface area contributed by atoms with Crippen LogP contribution >= 0.6 is 0 Å². The summed E-state index contributed by atoms with van der Waals surface area (Å²) < 4.78 is 11.8. The number of amides is 4. The van der Waals surface area contributed by atoms with E-state index in [1.165, 1.54) is 42.0 Å². The molecule has 3 aliphatic rings. The molecule has 15 nitrogen and oxygen atoms in total. The normalized spacial score (nSPS) is 18.3. The van der Waals surface area contributed by atoms with E-state index < -0.39 is 24.3 Å². The smallest absolute Gasteiger partial charge is 0.407 e. The monoisotopic (exact) mass is 803 g/mol. The Morgan fingerprint density at radius 2 is 1.25 bits per heavy atom. The number of H-pyrrole nitrogens is 2. The second-order valence-electron chi connectivity index (χ2n) is 16.6. The molecule has 2 fully saturated rings. The number of carbonyl (C=O) groups is 4. The number of imidazole rings is 2. The van der Waals surface area contributed by atoms with E-state index >= 15 is 0 Å². The largest absolute Gasteiger partial charge is 0.453 e. The van der Waals surface area contributed by atoms with E-state index in [9.17, 15) is 19.2 Å². The molecule has 3 aromatic heterocycles. The van der Waals surface area contributed by atoms with Crippen LogP contribution in [0.4, 0.5) is 9.59 Å². The van der Waals surface area contributed by atoms with Crippen molar-refractivity contribution in [1.29, 1.82) is 0 Å². The molecular formula is C44H53N9O6. The van der Waals surface area contributed by atoms with E-state index in [1.807, 2.05) is 49.9 Å². The number of methoxy groups -OCH3 is 2. The van der Waals surface area contributed by atoms with Gasteiger partial charge in [-0.15, -0.1) is 0 Å². The maximum atomic E-state index is 13.7. The Labute approximate surface area is 343 Å². The summed E-state index contributed by atoms with van der Waals surface area (Å²) in [5.41, 5.74) is 9.84. The van der Waals surface area contributed by atoms with Gasteiger partial charge in [-0.1, -0.05) is 45.9 Å². The first-order valence-corrected chi connectivity index (χ1v) is 20.5. The Morgan fingerprint density at radius 1 is 0.746 bits per heavy atom. The van der Waals surface area contributed by atoms with Crippen molar-refractivity contribution in [1.82, 2.24) is 44.9 Å². The molecule has 4 atom stereocenters. The number of ether oxygens (including phenoxy) is 2. The highest BCUT2D eigenvalue weighted by atomic mass is 16.5. The minimum atomic E-state index is -0.695. The Hall–Kier alpha value is -6.12. The molecule has 2 saturated heterocycles. The number of hydrogen-bond acceptors (Lipinski definition) is 8. The molecule has 0 bridgehead atoms. The van der Waals surface area contributed by atoms with Gasteiger partial charge in [0.15, 0.2) is 0 Å². The number of benzene rings is 2. The number of nitrogens with one attached hydrogen (secondary N) is 4. The third-order valence-electron chi connectivity index (χ3n) is 12.3. The fourth-order valence-corrected chi connectivity index (χ4v) is 9.23. The lowest BCUT2D eigenvalue weighted by Gasteiger charge is -2.30. The summed E-state index contributed by atoms with van der Waals surface area (Å²) in [5.74, 6) is 0.971. The van der Waals surface area contributed by atoms with Crippen LogP contribution in [0.5, 0.6) is 0 Å². The molecule has 8 rings (SSSR count). The van der Waals surface area contributed by atoms with E-state index in [0.29, 0.717) is 13.1 Å². The number of aromatic amines is 2. The number of fused-ring (bicyclic) bond motifs is 5. The van der Waals surface area contributed by atoms with E-state index in [1.54, 1.807) is 0 Å². The van der Waals surface area contributed by atoms with Crippen molar-refractivity contribution >= 4 is 34.9 Å². The highest BCUT2D eigenvalue weighted by Crippen LogP contribution is 2.45. The molecule has 1 aliphatic carbocycles. The number of rotatable bonds is 10. The number of nitrogens with zero attached hydrogens (tertiary/aromatic N) is 5. The lowest BCUT2D eigenvalue weighted by Crippen LogP contribution is -2.51. The molecule has 15 heteroatoms. The van der Waals surface area contributed by atoms with Crippen LogP contribution in [-0.2, 0) is 32.5 Å². The molecule has 2 aromatic carbocycles. The lowest BCUT2D eigenvalue weighted by atomic mass is 10.0. The highest BCUT2D eigenvalue weighted by Gasteiger charge is 2.39. The molecule has 310 valence electrons. The molecule has 4 amide bonds. The molecule has 5 heterocycles. The summed E-state index contributed by atoms with van der Waals surface area (Å²) >= 11 is 0. The fraction of sp³-hybridized carbons (Fsp3) is 0.455. The zero-order valence-corrected chi connectivity index (χ0v) is 34.7. The first kappa shape index (κ1) is 39.7. The van der Waals surface area contributed by atoms with Gasteiger partial charge in [-0.05, 0) is 72.4 Å². The summed E-state index contributed by atoms with van der Waals surface area (Å²) in [4.78, 5) is 71.7. The van der Waals surface area contributed by atoms with Gasteiger partial charge < -0.3 is 44.4 Å². The van der Waals surface area contributed by atoms with Gasteiger partial charge >= 0.3 is 12.2 Å². The number of hydrogen-bond donors (Lipinski definition) is 4. The van der Waals surface area contributed by atoms with E-state index in [-0.39, 0.29) is 35.7 Å². The zero-order valence-electron chi connectivity index (χ0n) is 34.7. The van der Waals surface area contributed by atoms with Crippen molar-refractivity contribution in [2.45, 2.75) is 84.0 Å². The highest BCUT2D eigenvalue weighted by molar-refractivity contribution is 5.98. The molecule has 0 radical (unpaired) electrons. The van der Waals surface area contributed by atoms with Crippen LogP contribution in [0.15, 0.2) is 48.8 Å². The maximum Gasteiger partial charge on any atom is 0.407 e. The number of aromatic nitrogens is 5. The first-order chi connectivity index (χ1) is 28.4. The average Bonchev–Trinajstić information content (AvgIpc) is 4.09. The van der Waals surface area contributed by atoms with Crippen molar-refractivity contribution < 1.29 is 28.7 Å². The average molecular weight is 804 g/mol. The van der Waals surface area contributed by atoms with Crippen LogP contribution in [-0.4, -0.2) is 97.7 Å². The predicted octanol–water partition coefficient (Wildman–Crippen LogP) is 6.62. The van der Waals surface area contributed by atoms with Crippen LogP contribution < -0.4 is 10.6 Å². The Balaban J connectivity index is 1.01. The van der Waals surface area contributed by atoms with Crippen LogP contribution in [0.2, 0.25) is 0 Å². The Kier molecular flexibility index (Phi) is 10.7. The lowest BCUT2D eigenvalue weighted by molar-refractivity contribution is -0.136. The van der Waals surface area contributed by atoms with Crippen molar-refractivity contribution in [2.24, 2.45) is 18.9 Å². The van der Waals surface area contributed by atoms with Crippen molar-refractivity contribution in [3.63, 3.8) is 0 Å². The topological polar surface area (TPSA) is 180 Å². The van der Waals surface area contributed by atoms with Gasteiger partial charge in [0.1, 0.15) is 23.7 Å². The molecule has 1 unspecified atom stereocenters. The number of alkyl carbamates (subject to hydrolysis) is 2. The maximum absolute atomic E-state index is 13.7. The van der Waals surface area contributed by atoms with E-state index in [2.05, 4.69) is 68.6 Å². The van der Waals surface area contributed by atoms with Gasteiger partial charge in [0.05, 0.1) is 55.8 Å². The van der Waals surface area contributed by atoms with Gasteiger partial charge in [-0.25, -0.2) is 19.6 Å². The summed E-state index contributed by atoms with van der Waals surface area (Å²) in [6.07, 6.45) is 6.47. The molecule has 2 aliphatic heterocycles. The molecule has 0 spiro atoms. The van der Waals surface area contributed by atoms with E-state index in [4.69, 9.17) is 19.4 Å². The van der Waals surface area contributed by atoms with Crippen molar-refractivity contribution in [2.75, 3.05) is 27.3 Å². The number of carbonyl (C=O) groups excluding carboxylic acids is 4. The number of likely N-dealkylation sites (tertiary alicyclic amines) is 2. The molecule has 59 heavy (non-hydrogen) atoms. The first-order valence-electron chi connectivity index (χ1n) is 20.5. The standard InChI is InChI=1S/C44H53N9O6/c1-23(2)36(49-43(56)58-6)41(54)52-16-8-10-34(52)39-45-21-31(47-39)25-12-14-28-27(18-25)20-30-29-19-26(13-15-33(29)51(5)38(28)30)32-22-46-40(48-32)35-11-9-17-53(35)42(55)37(24(3)4)50-44(57)59-7/h12-15,18-19,21-24,34-37H,8-11,16-17,20H2,1-7H3,(H,45,47)(H,46,48)(H,49,56)(H,50,57)/t34-,35-,36?,37-/m0/s1. The predicted molar refractivity (Wildman–Crippen MR) is 222 cm³/mol. The van der Waals surface area contributed by atoms with Crippen LogP contribution in [0.25, 0.3) is 44.7 Å². The van der Waals surface area contributed by atoms with Gasteiger partial charge in [0, 0.05) is 48.6 Å². The molecular weight excluding hydrogens is 751 g/mol. The molecule has 4 N–H and O–H groups in total. The third-order valence-corrected chi connectivity index (χ3v) is 12.3. The zero-order chi connectivity index (χ0) is 41.7. The Bertz CT molecular complexity index is 2430. The van der Waals surface area contributed by atoms with Gasteiger partial charge in [-0.3, -0.25) is 9.59 Å². The number of aryl methyl sites for hydroxylation is 1. The second-order valence-corrected chi connectivity index (χ2v) is 16.6. The summed E-state index contributed by atoms with van der Waals surface area (Å²) in [5, 5.41) is 6.61. The summed E-state index contributed by atoms with van der Waals surface area (Å²) in [6, 6.07) is 11.2. The van der Waals surface area contributed by atoms with E-state index in [0.717, 1.165) is 71.8 Å². The van der Waals surface area contributed by atoms with Gasteiger partial charge in [0.2, 0.25) is 11.8 Å². The van der Waals surface area contributed by atoms with Gasteiger partial charge in [-0.2, -0.15) is 0 Å². The fourth-order valence-electron chi connectivity index (χ4n) is 9.23. The SMILES string of the molecule is COC(=O)NC(C(=O)N1CCC[C@H]1c1ncc(-c2ccc3c(c2)Cc2c-3n(C)c3ccc(-c4cnc([C@@H]5CCCN5C(=O)[C@@H](NC(=O)OC)C(C)C)[nH]4)cc23)[nH]1)C(C)C. The third kappa shape index (κ3) is 7.20. The summed E-state index contributed by atoms with van der Waals surface area (Å²) in [6.45, 7) is 8.82. The van der Waals surface area contributed by atoms with Crippen molar-refractivity contribution in [3.05, 3.63) is 71.6 Å². The van der Waals surface area contributed by atoms with Crippen LogP contribution in [0.1, 0.15) is 88.2 Å². The minimum absolute atomic E-state index is 0.109. The molecule has 0 saturated carbocycles. The summed E-state index contributed by atoms with van der Waals surface area (Å²) in [7, 11) is 4.71. The minimum Gasteiger partial charge on any atom is -0.453 e. The Morgan fingerprint density at radius 3 is 1.76 bits per heavy atom. The van der Waals surface area contributed by atoms with Gasteiger partial charge in [0.25, 0.3) is 0 Å². The second kappa shape index (κ2) is 15.9. The van der Waals surface area contributed by atoms with Crippen molar-refractivity contribution in [3.8, 4) is 33.8 Å². The molecule has 5 aromatic rings. The quantitative estimate of drug-likeness (QED) is 0.119. The van der Waals surface area contributed by atoms with Crippen LogP contribution in [0, 0.1) is 11.8 Å². The van der Waals surface area contributed by atoms with Crippen LogP contribution in [0.3, 0.4) is 0 Å².